The van der Waals surface area contributed by atoms with Gasteiger partial charge in [0, 0.05) is 35.3 Å². The van der Waals surface area contributed by atoms with E-state index in [1.807, 2.05) is 25.1 Å². The number of benzene rings is 2. The number of hydrogen-bond acceptors (Lipinski definition) is 3. The van der Waals surface area contributed by atoms with Gasteiger partial charge in [0.15, 0.2) is 5.69 Å². The first-order valence-electron chi connectivity index (χ1n) is 11.1. The van der Waals surface area contributed by atoms with E-state index in [9.17, 15) is 18.0 Å². The van der Waals surface area contributed by atoms with Crippen LogP contribution in [0.5, 0.6) is 5.75 Å². The monoisotopic (exact) mass is 491 g/mol. The van der Waals surface area contributed by atoms with Gasteiger partial charge in [0.2, 0.25) is 0 Å². The quantitative estimate of drug-likeness (QED) is 0.366. The third kappa shape index (κ3) is 6.11. The van der Waals surface area contributed by atoms with Gasteiger partial charge < -0.3 is 10.1 Å². The van der Waals surface area contributed by atoms with Crippen molar-refractivity contribution < 1.29 is 22.7 Å². The predicted octanol–water partition coefficient (Wildman–Crippen LogP) is 6.14. The Labute approximate surface area is 200 Å². The minimum absolute atomic E-state index is 0.157. The second-order valence-electron chi connectivity index (χ2n) is 8.46. The maximum absolute atomic E-state index is 13.0. The van der Waals surface area contributed by atoms with Crippen LogP contribution in [0.15, 0.2) is 48.5 Å². The molecular weight excluding hydrogens is 467 g/mol. The summed E-state index contributed by atoms with van der Waals surface area (Å²) >= 11 is 6.02. The fraction of sp³-hybridized carbons (Fsp3) is 0.360. The highest BCUT2D eigenvalue weighted by Crippen LogP contribution is 2.42. The number of amides is 1. The van der Waals surface area contributed by atoms with Gasteiger partial charge in [-0.05, 0) is 73.7 Å². The summed E-state index contributed by atoms with van der Waals surface area (Å²) in [6.45, 7) is 2.92. The van der Waals surface area contributed by atoms with Crippen molar-refractivity contribution >= 4 is 17.5 Å². The number of nitrogens with one attached hydrogen (secondary N) is 1. The maximum Gasteiger partial charge on any atom is 0.435 e. The Morgan fingerprint density at radius 3 is 2.56 bits per heavy atom. The first-order chi connectivity index (χ1) is 16.2. The van der Waals surface area contributed by atoms with Crippen molar-refractivity contribution in [2.24, 2.45) is 0 Å². The zero-order chi connectivity index (χ0) is 24.3. The molecule has 34 heavy (non-hydrogen) atoms. The fourth-order valence-electron chi connectivity index (χ4n) is 3.62. The molecule has 1 saturated carbocycles. The van der Waals surface area contributed by atoms with Crippen LogP contribution < -0.4 is 10.1 Å². The molecule has 5 nitrogen and oxygen atoms in total. The molecule has 1 N–H and O–H groups in total. The number of carbonyl (C=O) groups is 1. The lowest BCUT2D eigenvalue weighted by molar-refractivity contribution is -0.141. The second-order valence-corrected chi connectivity index (χ2v) is 8.86. The number of aromatic nitrogens is 2. The summed E-state index contributed by atoms with van der Waals surface area (Å²) < 4.78 is 46.2. The minimum Gasteiger partial charge on any atom is -0.489 e. The van der Waals surface area contributed by atoms with Gasteiger partial charge in [-0.1, -0.05) is 23.7 Å². The maximum atomic E-state index is 13.0. The third-order valence-corrected chi connectivity index (χ3v) is 6.10. The minimum atomic E-state index is -4.45. The van der Waals surface area contributed by atoms with Crippen molar-refractivity contribution in [1.82, 2.24) is 15.1 Å². The van der Waals surface area contributed by atoms with Crippen molar-refractivity contribution in [1.29, 1.82) is 0 Å². The molecule has 0 atom stereocenters. The summed E-state index contributed by atoms with van der Waals surface area (Å²) in [5.41, 5.74) is 2.13. The molecule has 1 fully saturated rings. The number of carbonyl (C=O) groups excluding carboxylic acids is 1. The Morgan fingerprint density at radius 2 is 1.91 bits per heavy atom. The Kier molecular flexibility index (Phi) is 7.16. The fourth-order valence-corrected chi connectivity index (χ4v) is 3.73. The molecule has 1 heterocycles. The average Bonchev–Trinajstić information content (AvgIpc) is 3.55. The van der Waals surface area contributed by atoms with Crippen LogP contribution in [0.3, 0.4) is 0 Å². The number of hydrogen-bond donors (Lipinski definition) is 1. The second kappa shape index (κ2) is 10.1. The largest absolute Gasteiger partial charge is 0.489 e. The highest BCUT2D eigenvalue weighted by atomic mass is 35.5. The van der Waals surface area contributed by atoms with Crippen molar-refractivity contribution in [2.75, 3.05) is 6.54 Å². The summed E-state index contributed by atoms with van der Waals surface area (Å²) in [5, 5.41) is 7.23. The van der Waals surface area contributed by atoms with Crippen LogP contribution in [0.2, 0.25) is 5.02 Å². The molecule has 3 aromatic rings. The Morgan fingerprint density at radius 1 is 1.18 bits per heavy atom. The van der Waals surface area contributed by atoms with Crippen molar-refractivity contribution in [3.8, 4) is 5.75 Å². The van der Waals surface area contributed by atoms with Crippen LogP contribution in [0.4, 0.5) is 13.2 Å². The van der Waals surface area contributed by atoms with Crippen LogP contribution >= 0.6 is 11.6 Å². The Balaban J connectivity index is 1.24. The van der Waals surface area contributed by atoms with Gasteiger partial charge in [0.25, 0.3) is 5.91 Å². The van der Waals surface area contributed by atoms with E-state index in [-0.39, 0.29) is 11.8 Å². The third-order valence-electron chi connectivity index (χ3n) is 5.68. The van der Waals surface area contributed by atoms with E-state index in [1.165, 1.54) is 4.68 Å². The average molecular weight is 492 g/mol. The summed E-state index contributed by atoms with van der Waals surface area (Å²) in [6, 6.07) is 13.7. The van der Waals surface area contributed by atoms with Crippen LogP contribution in [0.1, 0.15) is 58.1 Å². The highest BCUT2D eigenvalue weighted by Gasteiger charge is 2.37. The molecule has 0 aliphatic heterocycles. The van der Waals surface area contributed by atoms with Gasteiger partial charge in [-0.2, -0.15) is 18.3 Å². The number of rotatable bonds is 9. The van der Waals surface area contributed by atoms with E-state index in [2.05, 4.69) is 10.4 Å². The van der Waals surface area contributed by atoms with Gasteiger partial charge in [-0.3, -0.25) is 9.48 Å². The molecule has 1 amide bonds. The van der Waals surface area contributed by atoms with Gasteiger partial charge in [0.1, 0.15) is 12.4 Å². The lowest BCUT2D eigenvalue weighted by Gasteiger charge is -2.10. The molecule has 0 unspecified atom stereocenters. The number of halogens is 4. The molecule has 0 saturated heterocycles. The first-order valence-corrected chi connectivity index (χ1v) is 11.5. The lowest BCUT2D eigenvalue weighted by Crippen LogP contribution is -2.25. The highest BCUT2D eigenvalue weighted by molar-refractivity contribution is 6.31. The molecule has 1 aliphatic carbocycles. The SMILES string of the molecule is Cc1cc(OCc2ccc(C(=O)NCCCn3nc(C(F)(F)F)cc3C3CC3)cc2)ccc1Cl. The van der Waals surface area contributed by atoms with E-state index in [0.29, 0.717) is 48.1 Å². The van der Waals surface area contributed by atoms with E-state index in [0.717, 1.165) is 30.0 Å². The molecule has 2 aromatic carbocycles. The number of ether oxygens (including phenoxy) is 1. The van der Waals surface area contributed by atoms with Gasteiger partial charge in [-0.25, -0.2) is 0 Å². The number of aryl methyl sites for hydroxylation is 2. The van der Waals surface area contributed by atoms with Crippen LogP contribution in [-0.2, 0) is 19.3 Å². The van der Waals surface area contributed by atoms with Crippen molar-refractivity contribution in [3.05, 3.63) is 81.6 Å². The summed E-state index contributed by atoms with van der Waals surface area (Å²) in [4.78, 5) is 12.4. The van der Waals surface area contributed by atoms with Crippen molar-refractivity contribution in [3.63, 3.8) is 0 Å². The van der Waals surface area contributed by atoms with E-state index >= 15 is 0 Å². The molecule has 0 radical (unpaired) electrons. The Hall–Kier alpha value is -3.00. The molecule has 9 heteroatoms. The van der Waals surface area contributed by atoms with Gasteiger partial charge >= 0.3 is 6.18 Å². The summed E-state index contributed by atoms with van der Waals surface area (Å²) in [7, 11) is 0. The lowest BCUT2D eigenvalue weighted by atomic mass is 10.1. The topological polar surface area (TPSA) is 56.1 Å². The predicted molar refractivity (Wildman–Crippen MR) is 123 cm³/mol. The van der Waals surface area contributed by atoms with Gasteiger partial charge in [-0.15, -0.1) is 0 Å². The number of nitrogens with zero attached hydrogens (tertiary/aromatic N) is 2. The van der Waals surface area contributed by atoms with Crippen LogP contribution in [-0.4, -0.2) is 22.2 Å². The standard InChI is InChI=1S/C25H25ClF3N3O2/c1-16-13-20(9-10-21(16)26)34-15-17-3-5-19(6-4-17)24(33)30-11-2-12-32-22(18-7-8-18)14-23(31-32)25(27,28)29/h3-6,9-10,13-14,18H,2,7-8,11-12,15H2,1H3,(H,30,33). The van der Waals surface area contributed by atoms with Crippen LogP contribution in [0.25, 0.3) is 0 Å². The summed E-state index contributed by atoms with van der Waals surface area (Å²) in [5.74, 6) is 0.636. The zero-order valence-corrected chi connectivity index (χ0v) is 19.4. The Bertz CT molecular complexity index is 1160. The molecular formula is C25H25ClF3N3O2. The smallest absolute Gasteiger partial charge is 0.435 e. The normalized spacial score (nSPS) is 13.7. The van der Waals surface area contributed by atoms with E-state index in [4.69, 9.17) is 16.3 Å². The molecule has 1 aliphatic rings. The zero-order valence-electron chi connectivity index (χ0n) is 18.7. The number of alkyl halides is 3. The van der Waals surface area contributed by atoms with E-state index < -0.39 is 11.9 Å². The van der Waals surface area contributed by atoms with E-state index in [1.54, 1.807) is 24.3 Å². The summed E-state index contributed by atoms with van der Waals surface area (Å²) in [6.07, 6.45) is -2.19. The molecule has 4 rings (SSSR count). The molecule has 1 aromatic heterocycles. The first kappa shape index (κ1) is 24.1. The molecule has 180 valence electrons. The van der Waals surface area contributed by atoms with Crippen molar-refractivity contribution in [2.45, 2.75) is 51.4 Å². The van der Waals surface area contributed by atoms with Gasteiger partial charge in [0.05, 0.1) is 0 Å². The van der Waals surface area contributed by atoms with Crippen LogP contribution in [0, 0.1) is 6.92 Å². The molecule has 0 bridgehead atoms. The molecule has 0 spiro atoms.